The second-order valence-corrected chi connectivity index (χ2v) is 0.0913. The number of aliphatic hydroxyl groups excluding tert-OH is 1. The average Bonchev–Trinajstić information content (AvgIpc) is 0.918. The normalized spacial score (nSPS) is 2.40. The summed E-state index contributed by atoms with van der Waals surface area (Å²) in [6, 6.07) is 0. The maximum atomic E-state index is 8.24. The average molecular weight is 199 g/mol. The van der Waals surface area contributed by atoms with Crippen LogP contribution in [0.25, 0.3) is 0 Å². The van der Waals surface area contributed by atoms with E-state index in [0.717, 1.165) is 0 Å². The molecule has 0 spiro atoms. The maximum absolute atomic E-state index is 8.24. The molecule has 0 atom stereocenters. The molecular formula is CH2BaO3. The fraction of sp³-hybridized carbons (Fsp3) is 0. The van der Waals surface area contributed by atoms with Crippen LogP contribution in [0.15, 0.2) is 0 Å². The Kier molecular flexibility index (Phi) is 66.6. The Bertz CT molecular complexity index is 14.4. The molecule has 0 rings (SSSR count). The first-order chi connectivity index (χ1) is 1.41. The van der Waals surface area contributed by atoms with Crippen molar-refractivity contribution in [2.45, 2.75) is 0 Å². The van der Waals surface area contributed by atoms with Crippen molar-refractivity contribution in [2.24, 2.45) is 0 Å². The van der Waals surface area contributed by atoms with Gasteiger partial charge in [-0.2, -0.15) is 0 Å². The van der Waals surface area contributed by atoms with Gasteiger partial charge in [0, 0.05) is 0 Å². The van der Waals surface area contributed by atoms with Crippen LogP contribution in [0.4, 0.5) is 0 Å². The quantitative estimate of drug-likeness (QED) is 0.404. The van der Waals surface area contributed by atoms with Crippen molar-refractivity contribution in [3.8, 4) is 0 Å². The minimum atomic E-state index is 0. The van der Waals surface area contributed by atoms with E-state index in [-0.39, 0.29) is 54.4 Å². The van der Waals surface area contributed by atoms with E-state index in [1.165, 1.54) is 0 Å². The van der Waals surface area contributed by atoms with Crippen molar-refractivity contribution in [2.75, 3.05) is 0 Å². The van der Waals surface area contributed by atoms with Crippen LogP contribution < -0.4 is 0 Å². The Morgan fingerprint density at radius 3 is 1.60 bits per heavy atom. The molecule has 2 N–H and O–H groups in total. The van der Waals surface area contributed by atoms with E-state index >= 15 is 0 Å². The Hall–Kier alpha value is 1.00. The Balaban J connectivity index is -0.0000000200. The molecule has 3 nitrogen and oxygen atoms in total. The molecule has 0 aliphatic heterocycles. The van der Waals surface area contributed by atoms with Gasteiger partial charge in [-0.1, -0.05) is 6.47 Å². The van der Waals surface area contributed by atoms with Gasteiger partial charge in [0.15, 0.2) is 0 Å². The van der Waals surface area contributed by atoms with Gasteiger partial charge in [0.1, 0.15) is 0 Å². The first kappa shape index (κ1) is 16.7. The second-order valence-electron chi connectivity index (χ2n) is 0.0913. The molecule has 0 saturated heterocycles. The maximum Gasteiger partial charge on any atom is 2.00 e. The molecule has 0 amide bonds. The first-order valence-corrected chi connectivity index (χ1v) is 0.428. The van der Waals surface area contributed by atoms with Crippen LogP contribution in [0.2, 0.25) is 0 Å². The molecule has 0 unspecified atom stereocenters. The van der Waals surface area contributed by atoms with Crippen LogP contribution in [0, 0.1) is 0 Å². The number of hydrogen-bond donors (Lipinski definition) is 1. The fourth-order valence-corrected chi connectivity index (χ4v) is 0. The van der Waals surface area contributed by atoms with Gasteiger partial charge in [-0.3, -0.25) is 0 Å². The van der Waals surface area contributed by atoms with Gasteiger partial charge in [-0.15, -0.1) is 0 Å². The van der Waals surface area contributed by atoms with E-state index in [0.29, 0.717) is 6.47 Å². The minimum absolute atomic E-state index is 0. The molecule has 4 heteroatoms. The third-order valence-electron chi connectivity index (χ3n) is 0. The molecule has 0 bridgehead atoms. The van der Waals surface area contributed by atoms with Crippen LogP contribution >= 0.6 is 0 Å². The monoisotopic (exact) mass is 200 g/mol. The standard InChI is InChI=1S/CHO2.Ba.H2O/c2-1-3;;/h(H,2,3);;1H2/q-1;+2;/p-1. The molecule has 26 valence electrons. The number of rotatable bonds is 0. The zero-order chi connectivity index (χ0) is 2.71. The van der Waals surface area contributed by atoms with Gasteiger partial charge < -0.3 is 15.4 Å². The van der Waals surface area contributed by atoms with E-state index in [9.17, 15) is 0 Å². The molecule has 0 aliphatic rings. The van der Waals surface area contributed by atoms with E-state index in [4.69, 9.17) is 9.90 Å². The summed E-state index contributed by atoms with van der Waals surface area (Å²) in [6.45, 7) is 0.500. The van der Waals surface area contributed by atoms with Crippen LogP contribution in [-0.2, 0) is 4.79 Å². The van der Waals surface area contributed by atoms with E-state index in [1.54, 1.807) is 0 Å². The summed E-state index contributed by atoms with van der Waals surface area (Å²) in [7, 11) is 0. The van der Waals surface area contributed by atoms with Gasteiger partial charge in [0.05, 0.1) is 0 Å². The molecule has 0 heterocycles. The van der Waals surface area contributed by atoms with E-state index in [1.807, 2.05) is 0 Å². The molecular weight excluding hydrogens is 197 g/mol. The number of hydrogen-bond acceptors (Lipinski definition) is 2. The summed E-state index contributed by atoms with van der Waals surface area (Å²) in [6.07, 6.45) is 0. The van der Waals surface area contributed by atoms with Crippen molar-refractivity contribution >= 4 is 55.4 Å². The largest absolute Gasteiger partial charge is 2.00 e. The van der Waals surface area contributed by atoms with Gasteiger partial charge in [-0.25, -0.2) is 0 Å². The minimum Gasteiger partial charge on any atom is -0.870 e. The first-order valence-electron chi connectivity index (χ1n) is 0.428. The van der Waals surface area contributed by atoms with Gasteiger partial charge >= 0.3 is 48.9 Å². The molecule has 0 aliphatic carbocycles. The summed E-state index contributed by atoms with van der Waals surface area (Å²) in [5, 5.41) is 6.76. The van der Waals surface area contributed by atoms with Crippen molar-refractivity contribution in [1.82, 2.24) is 0 Å². The zero-order valence-electron chi connectivity index (χ0n) is 2.51. The molecule has 0 saturated carbocycles. The second kappa shape index (κ2) is 20.0. The topological polar surface area (TPSA) is 67.3 Å². The Morgan fingerprint density at radius 1 is 1.60 bits per heavy atom. The summed E-state index contributed by atoms with van der Waals surface area (Å²) in [5.74, 6) is 0. The van der Waals surface area contributed by atoms with Gasteiger partial charge in [-0.05, 0) is 0 Å². The predicted molar refractivity (Wildman–Crippen MR) is 16.0 cm³/mol. The summed E-state index contributed by atoms with van der Waals surface area (Å²) in [5.41, 5.74) is 0. The van der Waals surface area contributed by atoms with Crippen molar-refractivity contribution < 1.29 is 15.4 Å². The predicted octanol–water partition coefficient (Wildman–Crippen LogP) is -0.946. The molecule has 0 aromatic carbocycles. The zero-order valence-corrected chi connectivity index (χ0v) is 6.95. The van der Waals surface area contributed by atoms with Crippen LogP contribution in [0.3, 0.4) is 0 Å². The van der Waals surface area contributed by atoms with Crippen molar-refractivity contribution in [3.63, 3.8) is 0 Å². The van der Waals surface area contributed by atoms with Gasteiger partial charge in [0.2, 0.25) is 0 Å². The van der Waals surface area contributed by atoms with Crippen LogP contribution in [0.1, 0.15) is 0 Å². The Morgan fingerprint density at radius 2 is 1.60 bits per heavy atom. The molecule has 5 heavy (non-hydrogen) atoms. The summed E-state index contributed by atoms with van der Waals surface area (Å²) >= 11 is 0. The van der Waals surface area contributed by atoms with Crippen molar-refractivity contribution in [1.29, 1.82) is 0 Å². The molecule has 0 aromatic heterocycles. The smallest absolute Gasteiger partial charge is 0.870 e. The fourth-order valence-electron chi connectivity index (χ4n) is 0. The SMILES string of the molecule is O=[C-]O.[Ba+2].[OH-]. The third kappa shape index (κ3) is 44.9. The third-order valence-corrected chi connectivity index (χ3v) is 0. The van der Waals surface area contributed by atoms with Crippen LogP contribution in [0.5, 0.6) is 0 Å². The molecule has 0 fully saturated rings. The van der Waals surface area contributed by atoms with Gasteiger partial charge in [0.25, 0.3) is 0 Å². The van der Waals surface area contributed by atoms with E-state index in [2.05, 4.69) is 0 Å². The van der Waals surface area contributed by atoms with Crippen molar-refractivity contribution in [3.05, 3.63) is 0 Å². The summed E-state index contributed by atoms with van der Waals surface area (Å²) in [4.78, 5) is 8.24. The Labute approximate surface area is 69.8 Å². The van der Waals surface area contributed by atoms with Crippen LogP contribution in [-0.4, -0.2) is 65.9 Å². The molecule has 0 aromatic rings. The molecule has 0 radical (unpaired) electrons. The summed E-state index contributed by atoms with van der Waals surface area (Å²) < 4.78 is 0. The van der Waals surface area contributed by atoms with E-state index < -0.39 is 0 Å².